The summed E-state index contributed by atoms with van der Waals surface area (Å²) in [4.78, 5) is 18.6. The Balaban J connectivity index is 2.17. The molecule has 4 nitrogen and oxygen atoms in total. The second kappa shape index (κ2) is 5.35. The zero-order chi connectivity index (χ0) is 15.0. The SMILES string of the molecule is CCC1CCC(C)N1c1cc(C(=O)O)c2ccccc2n1. The largest absolute Gasteiger partial charge is 0.478 e. The third-order valence-corrected chi connectivity index (χ3v) is 4.45. The average molecular weight is 284 g/mol. The molecule has 2 heterocycles. The van der Waals surface area contributed by atoms with Gasteiger partial charge in [0.15, 0.2) is 0 Å². The van der Waals surface area contributed by atoms with Gasteiger partial charge in [-0.25, -0.2) is 9.78 Å². The minimum absolute atomic E-state index is 0.338. The smallest absolute Gasteiger partial charge is 0.336 e. The van der Waals surface area contributed by atoms with Crippen molar-refractivity contribution in [2.24, 2.45) is 0 Å². The van der Waals surface area contributed by atoms with Gasteiger partial charge in [-0.05, 0) is 38.3 Å². The molecule has 4 heteroatoms. The van der Waals surface area contributed by atoms with E-state index in [4.69, 9.17) is 4.98 Å². The second-order valence-corrected chi connectivity index (χ2v) is 5.75. The quantitative estimate of drug-likeness (QED) is 0.933. The van der Waals surface area contributed by atoms with Crippen LogP contribution >= 0.6 is 0 Å². The molecule has 1 fully saturated rings. The summed E-state index contributed by atoms with van der Waals surface area (Å²) in [6, 6.07) is 10.0. The molecule has 110 valence electrons. The number of fused-ring (bicyclic) bond motifs is 1. The zero-order valence-corrected chi connectivity index (χ0v) is 12.4. The van der Waals surface area contributed by atoms with Crippen LogP contribution in [-0.4, -0.2) is 28.1 Å². The van der Waals surface area contributed by atoms with Gasteiger partial charge in [-0.3, -0.25) is 0 Å². The predicted molar refractivity (Wildman–Crippen MR) is 84.0 cm³/mol. The number of benzene rings is 1. The van der Waals surface area contributed by atoms with Crippen molar-refractivity contribution >= 4 is 22.7 Å². The summed E-state index contributed by atoms with van der Waals surface area (Å²) >= 11 is 0. The topological polar surface area (TPSA) is 53.4 Å². The molecule has 2 aromatic rings. The van der Waals surface area contributed by atoms with Gasteiger partial charge >= 0.3 is 5.97 Å². The van der Waals surface area contributed by atoms with Crippen LogP contribution in [0.3, 0.4) is 0 Å². The van der Waals surface area contributed by atoms with Crippen LogP contribution in [0, 0.1) is 0 Å². The zero-order valence-electron chi connectivity index (χ0n) is 12.4. The van der Waals surface area contributed by atoms with E-state index in [1.165, 1.54) is 0 Å². The number of rotatable bonds is 3. The lowest BCUT2D eigenvalue weighted by atomic mass is 10.1. The van der Waals surface area contributed by atoms with E-state index in [2.05, 4.69) is 18.7 Å². The van der Waals surface area contributed by atoms with Crippen molar-refractivity contribution < 1.29 is 9.90 Å². The standard InChI is InChI=1S/C17H20N2O2/c1-3-12-9-8-11(2)19(12)16-10-14(17(20)21)13-6-4-5-7-15(13)18-16/h4-7,10-12H,3,8-9H2,1-2H3,(H,20,21). The number of pyridine rings is 1. The number of para-hydroxylation sites is 1. The van der Waals surface area contributed by atoms with Crippen LogP contribution in [0.2, 0.25) is 0 Å². The lowest BCUT2D eigenvalue weighted by Crippen LogP contribution is -2.35. The van der Waals surface area contributed by atoms with Gasteiger partial charge in [-0.1, -0.05) is 25.1 Å². The highest BCUT2D eigenvalue weighted by Gasteiger charge is 2.31. The first-order valence-electron chi connectivity index (χ1n) is 7.53. The molecule has 0 aliphatic carbocycles. The van der Waals surface area contributed by atoms with E-state index in [9.17, 15) is 9.90 Å². The molecule has 1 aliphatic heterocycles. The summed E-state index contributed by atoms with van der Waals surface area (Å²) in [5.41, 5.74) is 1.09. The maximum Gasteiger partial charge on any atom is 0.336 e. The first-order chi connectivity index (χ1) is 10.1. The molecule has 1 aromatic carbocycles. The normalized spacial score (nSPS) is 21.9. The van der Waals surface area contributed by atoms with E-state index in [-0.39, 0.29) is 0 Å². The molecule has 3 rings (SSSR count). The van der Waals surface area contributed by atoms with Crippen LogP contribution in [-0.2, 0) is 0 Å². The van der Waals surface area contributed by atoms with E-state index in [1.54, 1.807) is 6.07 Å². The number of hydrogen-bond donors (Lipinski definition) is 1. The van der Waals surface area contributed by atoms with Gasteiger partial charge in [0.25, 0.3) is 0 Å². The van der Waals surface area contributed by atoms with Crippen LogP contribution in [0.4, 0.5) is 5.82 Å². The summed E-state index contributed by atoms with van der Waals surface area (Å²) in [5, 5.41) is 10.2. The Morgan fingerprint density at radius 3 is 2.86 bits per heavy atom. The lowest BCUT2D eigenvalue weighted by Gasteiger charge is -2.29. The molecule has 2 unspecified atom stereocenters. The Labute approximate surface area is 124 Å². The molecule has 0 radical (unpaired) electrons. The third kappa shape index (κ3) is 2.35. The molecule has 0 bridgehead atoms. The van der Waals surface area contributed by atoms with Gasteiger partial charge in [0.05, 0.1) is 11.1 Å². The van der Waals surface area contributed by atoms with Crippen LogP contribution < -0.4 is 4.90 Å². The molecule has 1 aromatic heterocycles. The fourth-order valence-corrected chi connectivity index (χ4v) is 3.36. The Hall–Kier alpha value is -2.10. The molecule has 1 N–H and O–H groups in total. The van der Waals surface area contributed by atoms with Crippen molar-refractivity contribution in [1.29, 1.82) is 0 Å². The maximum atomic E-state index is 11.6. The van der Waals surface area contributed by atoms with Crippen LogP contribution in [0.5, 0.6) is 0 Å². The molecule has 1 saturated heterocycles. The van der Waals surface area contributed by atoms with Gasteiger partial charge < -0.3 is 10.0 Å². The number of aromatic carboxylic acids is 1. The Morgan fingerprint density at radius 1 is 1.38 bits per heavy atom. The molecule has 21 heavy (non-hydrogen) atoms. The highest BCUT2D eigenvalue weighted by atomic mass is 16.4. The molecular weight excluding hydrogens is 264 g/mol. The summed E-state index contributed by atoms with van der Waals surface area (Å²) in [7, 11) is 0. The number of aromatic nitrogens is 1. The molecular formula is C17H20N2O2. The number of carboxylic acids is 1. The predicted octanol–water partition coefficient (Wildman–Crippen LogP) is 3.70. The minimum Gasteiger partial charge on any atom is -0.478 e. The Kier molecular flexibility index (Phi) is 3.53. The number of nitrogens with zero attached hydrogens (tertiary/aromatic N) is 2. The third-order valence-electron chi connectivity index (χ3n) is 4.45. The van der Waals surface area contributed by atoms with Gasteiger partial charge in [-0.15, -0.1) is 0 Å². The van der Waals surface area contributed by atoms with E-state index >= 15 is 0 Å². The van der Waals surface area contributed by atoms with E-state index in [1.807, 2.05) is 24.3 Å². The van der Waals surface area contributed by atoms with Crippen LogP contribution in [0.15, 0.2) is 30.3 Å². The second-order valence-electron chi connectivity index (χ2n) is 5.75. The Bertz CT molecular complexity index is 684. The summed E-state index contributed by atoms with van der Waals surface area (Å²) < 4.78 is 0. The molecule has 0 amide bonds. The first-order valence-corrected chi connectivity index (χ1v) is 7.53. The summed E-state index contributed by atoms with van der Waals surface area (Å²) in [6.45, 7) is 4.36. The minimum atomic E-state index is -0.894. The van der Waals surface area contributed by atoms with Crippen molar-refractivity contribution in [3.8, 4) is 0 Å². The fourth-order valence-electron chi connectivity index (χ4n) is 3.36. The van der Waals surface area contributed by atoms with Gasteiger partial charge in [-0.2, -0.15) is 0 Å². The van der Waals surface area contributed by atoms with E-state index in [0.717, 1.165) is 30.6 Å². The van der Waals surface area contributed by atoms with Gasteiger partial charge in [0, 0.05) is 17.5 Å². The van der Waals surface area contributed by atoms with Crippen LogP contribution in [0.1, 0.15) is 43.5 Å². The maximum absolute atomic E-state index is 11.6. The van der Waals surface area contributed by atoms with Crippen molar-refractivity contribution in [3.63, 3.8) is 0 Å². The summed E-state index contributed by atoms with van der Waals surface area (Å²) in [6.07, 6.45) is 3.34. The highest BCUT2D eigenvalue weighted by Crippen LogP contribution is 2.33. The average Bonchev–Trinajstić information content (AvgIpc) is 2.86. The fraction of sp³-hybridized carbons (Fsp3) is 0.412. The lowest BCUT2D eigenvalue weighted by molar-refractivity contribution is 0.0699. The van der Waals surface area contributed by atoms with Crippen molar-refractivity contribution in [1.82, 2.24) is 4.98 Å². The van der Waals surface area contributed by atoms with Gasteiger partial charge in [0.1, 0.15) is 5.82 Å². The number of carbonyl (C=O) groups is 1. The molecule has 0 saturated carbocycles. The molecule has 0 spiro atoms. The summed E-state index contributed by atoms with van der Waals surface area (Å²) in [5.74, 6) is -0.0994. The van der Waals surface area contributed by atoms with Crippen molar-refractivity contribution in [2.45, 2.75) is 45.2 Å². The van der Waals surface area contributed by atoms with Gasteiger partial charge in [0.2, 0.25) is 0 Å². The highest BCUT2D eigenvalue weighted by molar-refractivity contribution is 6.03. The van der Waals surface area contributed by atoms with E-state index < -0.39 is 5.97 Å². The number of hydrogen-bond acceptors (Lipinski definition) is 3. The number of anilines is 1. The van der Waals surface area contributed by atoms with Crippen LogP contribution in [0.25, 0.3) is 10.9 Å². The molecule has 2 atom stereocenters. The van der Waals surface area contributed by atoms with E-state index in [0.29, 0.717) is 23.0 Å². The first kappa shape index (κ1) is 13.9. The number of carboxylic acid groups (broad SMARTS) is 1. The van der Waals surface area contributed by atoms with Crippen molar-refractivity contribution in [2.75, 3.05) is 4.90 Å². The Morgan fingerprint density at radius 2 is 2.14 bits per heavy atom. The monoisotopic (exact) mass is 284 g/mol. The van der Waals surface area contributed by atoms with Crippen molar-refractivity contribution in [3.05, 3.63) is 35.9 Å². The molecule has 1 aliphatic rings.